The quantitative estimate of drug-likeness (QED) is 0.784. The zero-order chi connectivity index (χ0) is 19.3. The summed E-state index contributed by atoms with van der Waals surface area (Å²) in [5.41, 5.74) is 3.07. The van der Waals surface area contributed by atoms with E-state index in [-0.39, 0.29) is 18.3 Å². The lowest BCUT2D eigenvalue weighted by Gasteiger charge is -2.32. The zero-order valence-electron chi connectivity index (χ0n) is 17.2. The monoisotopic (exact) mass is 417 g/mol. The van der Waals surface area contributed by atoms with E-state index in [1.807, 2.05) is 27.8 Å². The van der Waals surface area contributed by atoms with Gasteiger partial charge in [-0.1, -0.05) is 43.7 Å². The van der Waals surface area contributed by atoms with E-state index in [4.69, 9.17) is 0 Å². The first-order valence-corrected chi connectivity index (χ1v) is 10.6. The van der Waals surface area contributed by atoms with E-state index >= 15 is 0 Å². The molecule has 1 aromatic heterocycles. The predicted octanol–water partition coefficient (Wildman–Crippen LogP) is 2.43. The van der Waals surface area contributed by atoms with Crippen LogP contribution in [-0.2, 0) is 13.0 Å². The highest BCUT2D eigenvalue weighted by Gasteiger charge is 2.32. The molecule has 2 aliphatic rings. The molecule has 0 bridgehead atoms. The number of piperazine rings is 1. The second kappa shape index (κ2) is 10.2. The number of amides is 1. The van der Waals surface area contributed by atoms with Crippen molar-refractivity contribution in [1.29, 1.82) is 0 Å². The number of nitrogens with zero attached hydrogens (tertiary/aromatic N) is 4. The molecule has 1 amide bonds. The van der Waals surface area contributed by atoms with Crippen molar-refractivity contribution in [2.75, 3.05) is 39.3 Å². The highest BCUT2D eigenvalue weighted by Crippen LogP contribution is 2.21. The third-order valence-corrected chi connectivity index (χ3v) is 5.96. The van der Waals surface area contributed by atoms with Crippen LogP contribution in [-0.4, -0.2) is 70.8 Å². The predicted molar refractivity (Wildman–Crippen MR) is 118 cm³/mol. The third-order valence-electron chi connectivity index (χ3n) is 5.96. The summed E-state index contributed by atoms with van der Waals surface area (Å²) >= 11 is 0. The van der Waals surface area contributed by atoms with E-state index in [0.717, 1.165) is 69.8 Å². The fourth-order valence-electron chi connectivity index (χ4n) is 4.42. The molecular formula is C22H32ClN5O. The maximum atomic E-state index is 13.3. The van der Waals surface area contributed by atoms with Gasteiger partial charge in [0.25, 0.3) is 5.91 Å². The number of halogens is 1. The van der Waals surface area contributed by atoms with Crippen LogP contribution in [0.5, 0.6) is 0 Å². The molecule has 1 N–H and O–H groups in total. The largest absolute Gasteiger partial charge is 0.337 e. The van der Waals surface area contributed by atoms with E-state index in [1.165, 1.54) is 5.56 Å². The first-order valence-electron chi connectivity index (χ1n) is 10.6. The normalized spacial score (nSPS) is 19.9. The van der Waals surface area contributed by atoms with Gasteiger partial charge in [0.1, 0.15) is 0 Å². The van der Waals surface area contributed by atoms with Gasteiger partial charge in [-0.25, -0.2) is 0 Å². The Morgan fingerprint density at radius 2 is 1.93 bits per heavy atom. The Bertz CT molecular complexity index is 788. The van der Waals surface area contributed by atoms with Crippen molar-refractivity contribution in [3.05, 3.63) is 53.3 Å². The molecule has 0 aliphatic carbocycles. The van der Waals surface area contributed by atoms with Gasteiger partial charge in [0.15, 0.2) is 0 Å². The van der Waals surface area contributed by atoms with Gasteiger partial charge >= 0.3 is 0 Å². The van der Waals surface area contributed by atoms with Crippen molar-refractivity contribution in [2.24, 2.45) is 0 Å². The summed E-state index contributed by atoms with van der Waals surface area (Å²) in [6.45, 7) is 8.84. The van der Waals surface area contributed by atoms with Gasteiger partial charge in [-0.2, -0.15) is 5.10 Å². The van der Waals surface area contributed by atoms with Crippen molar-refractivity contribution >= 4 is 18.3 Å². The summed E-state index contributed by atoms with van der Waals surface area (Å²) in [5.74, 6) is 0.153. The number of hydrogen-bond acceptors (Lipinski definition) is 4. The van der Waals surface area contributed by atoms with Crippen LogP contribution in [0.4, 0.5) is 0 Å². The van der Waals surface area contributed by atoms with Crippen LogP contribution in [0.1, 0.15) is 41.4 Å². The Kier molecular flexibility index (Phi) is 7.70. The lowest BCUT2D eigenvalue weighted by atomic mass is 10.1. The van der Waals surface area contributed by atoms with Gasteiger partial charge in [-0.3, -0.25) is 14.4 Å². The lowest BCUT2D eigenvalue weighted by molar-refractivity contribution is 0.0772. The Labute approximate surface area is 179 Å². The molecule has 2 aliphatic heterocycles. The first kappa shape index (κ1) is 21.8. The van der Waals surface area contributed by atoms with Crippen LogP contribution < -0.4 is 5.32 Å². The third kappa shape index (κ3) is 5.00. The van der Waals surface area contributed by atoms with Crippen LogP contribution in [0, 0.1) is 0 Å². The molecule has 3 heterocycles. The topological polar surface area (TPSA) is 53.4 Å². The molecule has 7 heteroatoms. The minimum atomic E-state index is 0. The number of carbonyl (C=O) groups excluding carboxylic acids is 1. The van der Waals surface area contributed by atoms with Crippen molar-refractivity contribution in [3.63, 3.8) is 0 Å². The molecule has 1 aromatic carbocycles. The summed E-state index contributed by atoms with van der Waals surface area (Å²) in [6, 6.07) is 10.8. The molecule has 1 atom stereocenters. The molecule has 2 aromatic rings. The second-order valence-corrected chi connectivity index (χ2v) is 7.88. The molecule has 1 unspecified atom stereocenters. The fourth-order valence-corrected chi connectivity index (χ4v) is 4.42. The van der Waals surface area contributed by atoms with Crippen LogP contribution in [0.3, 0.4) is 0 Å². The number of likely N-dealkylation sites (tertiary alicyclic amines) is 1. The Morgan fingerprint density at radius 1 is 1.17 bits per heavy atom. The number of rotatable bonds is 6. The van der Waals surface area contributed by atoms with E-state index in [2.05, 4.69) is 34.4 Å². The minimum Gasteiger partial charge on any atom is -0.337 e. The van der Waals surface area contributed by atoms with Gasteiger partial charge in [-0.05, 0) is 18.4 Å². The van der Waals surface area contributed by atoms with Gasteiger partial charge in [0, 0.05) is 45.3 Å². The molecule has 2 saturated heterocycles. The van der Waals surface area contributed by atoms with Crippen LogP contribution in [0.25, 0.3) is 0 Å². The number of nitrogens with one attached hydrogen (secondary N) is 1. The molecule has 0 spiro atoms. The van der Waals surface area contributed by atoms with E-state index < -0.39 is 0 Å². The molecule has 4 rings (SSSR count). The molecule has 29 heavy (non-hydrogen) atoms. The number of aromatic nitrogens is 2. The lowest BCUT2D eigenvalue weighted by Crippen LogP contribution is -2.49. The SMILES string of the molecule is CCCc1c(C(=O)N2CCC(N3CCNCC3)C2)cnn1Cc1ccccc1.Cl. The van der Waals surface area contributed by atoms with Gasteiger partial charge < -0.3 is 10.2 Å². The zero-order valence-corrected chi connectivity index (χ0v) is 18.0. The fraction of sp³-hybridized carbons (Fsp3) is 0.545. The number of benzene rings is 1. The van der Waals surface area contributed by atoms with E-state index in [1.54, 1.807) is 6.20 Å². The number of hydrogen-bond donors (Lipinski definition) is 1. The summed E-state index contributed by atoms with van der Waals surface area (Å²) in [5, 5.41) is 7.99. The standard InChI is InChI=1S/C22H31N5O.ClH/c1-2-6-21-20(15-24-27(21)16-18-7-4-3-5-8-18)22(28)26-12-9-19(17-26)25-13-10-23-11-14-25;/h3-5,7-8,15,19,23H,2,6,9-14,16-17H2,1H3;1H. The second-order valence-electron chi connectivity index (χ2n) is 7.88. The summed E-state index contributed by atoms with van der Waals surface area (Å²) in [7, 11) is 0. The van der Waals surface area contributed by atoms with E-state index in [0.29, 0.717) is 12.6 Å². The van der Waals surface area contributed by atoms with Crippen molar-refractivity contribution in [3.8, 4) is 0 Å². The molecular weight excluding hydrogens is 386 g/mol. The van der Waals surface area contributed by atoms with Crippen molar-refractivity contribution < 1.29 is 4.79 Å². The highest BCUT2D eigenvalue weighted by atomic mass is 35.5. The first-order chi connectivity index (χ1) is 13.8. The Hall–Kier alpha value is -1.89. The maximum absolute atomic E-state index is 13.3. The number of carbonyl (C=O) groups is 1. The maximum Gasteiger partial charge on any atom is 0.257 e. The smallest absolute Gasteiger partial charge is 0.257 e. The summed E-state index contributed by atoms with van der Waals surface area (Å²) in [6.07, 6.45) is 4.74. The average Bonchev–Trinajstić information content (AvgIpc) is 3.38. The average molecular weight is 418 g/mol. The van der Waals surface area contributed by atoms with Crippen LogP contribution in [0.15, 0.2) is 36.5 Å². The Balaban J connectivity index is 0.00000240. The van der Waals surface area contributed by atoms with Gasteiger partial charge in [0.05, 0.1) is 24.0 Å². The van der Waals surface area contributed by atoms with Gasteiger partial charge in [0.2, 0.25) is 0 Å². The van der Waals surface area contributed by atoms with Crippen molar-refractivity contribution in [2.45, 2.75) is 38.8 Å². The van der Waals surface area contributed by atoms with E-state index in [9.17, 15) is 4.79 Å². The molecule has 158 valence electrons. The summed E-state index contributed by atoms with van der Waals surface area (Å²) in [4.78, 5) is 17.9. The summed E-state index contributed by atoms with van der Waals surface area (Å²) < 4.78 is 2.01. The van der Waals surface area contributed by atoms with Crippen molar-refractivity contribution in [1.82, 2.24) is 24.9 Å². The molecule has 2 fully saturated rings. The highest BCUT2D eigenvalue weighted by molar-refractivity contribution is 5.95. The molecule has 6 nitrogen and oxygen atoms in total. The minimum absolute atomic E-state index is 0. The molecule has 0 saturated carbocycles. The molecule has 0 radical (unpaired) electrons. The van der Waals surface area contributed by atoms with Crippen LogP contribution >= 0.6 is 12.4 Å². The van der Waals surface area contributed by atoms with Crippen LogP contribution in [0.2, 0.25) is 0 Å². The Morgan fingerprint density at radius 3 is 2.66 bits per heavy atom. The van der Waals surface area contributed by atoms with Gasteiger partial charge in [-0.15, -0.1) is 12.4 Å².